The summed E-state index contributed by atoms with van der Waals surface area (Å²) in [7, 11) is 0. The van der Waals surface area contributed by atoms with Crippen LogP contribution in [-0.2, 0) is 6.18 Å². The van der Waals surface area contributed by atoms with Crippen LogP contribution in [0.4, 0.5) is 17.6 Å². The number of amides is 1. The first-order valence-electron chi connectivity index (χ1n) is 10.3. The average molecular weight is 459 g/mol. The number of benzene rings is 1. The summed E-state index contributed by atoms with van der Waals surface area (Å²) in [6, 6.07) is 5.17. The van der Waals surface area contributed by atoms with Gasteiger partial charge in [-0.1, -0.05) is 6.07 Å². The highest BCUT2D eigenvalue weighted by Gasteiger charge is 2.50. The number of carbonyl (C=O) groups excluding carboxylic acids is 1. The summed E-state index contributed by atoms with van der Waals surface area (Å²) in [6.45, 7) is 0. The van der Waals surface area contributed by atoms with E-state index in [9.17, 15) is 22.4 Å². The van der Waals surface area contributed by atoms with Crippen LogP contribution < -0.4 is 4.74 Å². The van der Waals surface area contributed by atoms with E-state index >= 15 is 0 Å². The van der Waals surface area contributed by atoms with Crippen molar-refractivity contribution in [1.29, 1.82) is 0 Å². The van der Waals surface area contributed by atoms with Gasteiger partial charge in [0.1, 0.15) is 11.9 Å². The van der Waals surface area contributed by atoms with Gasteiger partial charge in [-0.25, -0.2) is 24.3 Å². The van der Waals surface area contributed by atoms with Crippen molar-refractivity contribution in [2.75, 3.05) is 0 Å². The normalized spacial score (nSPS) is 21.9. The predicted molar refractivity (Wildman–Crippen MR) is 106 cm³/mol. The van der Waals surface area contributed by atoms with Crippen molar-refractivity contribution in [1.82, 2.24) is 24.8 Å². The maximum absolute atomic E-state index is 14.7. The van der Waals surface area contributed by atoms with Gasteiger partial charge in [0, 0.05) is 37.3 Å². The van der Waals surface area contributed by atoms with Crippen LogP contribution in [0.1, 0.15) is 35.2 Å². The molecule has 0 spiro atoms. The van der Waals surface area contributed by atoms with Crippen LogP contribution in [0.2, 0.25) is 0 Å². The number of hydrogen-bond acceptors (Lipinski definition) is 6. The lowest BCUT2D eigenvalue weighted by Crippen LogP contribution is -2.39. The number of fused-ring (bicyclic) bond motifs is 2. The lowest BCUT2D eigenvalue weighted by molar-refractivity contribution is -0.138. The van der Waals surface area contributed by atoms with Gasteiger partial charge in [-0.2, -0.15) is 13.2 Å². The van der Waals surface area contributed by atoms with Gasteiger partial charge in [0.25, 0.3) is 5.91 Å². The third-order valence-electron chi connectivity index (χ3n) is 5.96. The minimum Gasteiger partial charge on any atom is -0.458 e. The number of halogens is 4. The van der Waals surface area contributed by atoms with Crippen molar-refractivity contribution < 1.29 is 27.1 Å². The Morgan fingerprint density at radius 1 is 1.03 bits per heavy atom. The van der Waals surface area contributed by atoms with Gasteiger partial charge in [-0.05, 0) is 31.0 Å². The maximum atomic E-state index is 14.7. The molecule has 1 amide bonds. The van der Waals surface area contributed by atoms with Gasteiger partial charge in [0.15, 0.2) is 5.82 Å². The van der Waals surface area contributed by atoms with Crippen LogP contribution in [-0.4, -0.2) is 48.9 Å². The molecule has 7 nitrogen and oxygen atoms in total. The van der Waals surface area contributed by atoms with Crippen LogP contribution in [0.15, 0.2) is 49.1 Å². The molecule has 33 heavy (non-hydrogen) atoms. The van der Waals surface area contributed by atoms with Crippen LogP contribution in [0, 0.1) is 5.82 Å². The number of carbonyl (C=O) groups is 1. The molecule has 2 saturated heterocycles. The molecule has 2 aliphatic heterocycles. The minimum atomic E-state index is -4.54. The topological polar surface area (TPSA) is 81.1 Å². The second-order valence-electron chi connectivity index (χ2n) is 7.89. The molecule has 2 aromatic heterocycles. The molecule has 11 heteroatoms. The van der Waals surface area contributed by atoms with Crippen molar-refractivity contribution >= 4 is 5.91 Å². The van der Waals surface area contributed by atoms with Crippen molar-refractivity contribution in [3.63, 3.8) is 0 Å². The number of nitrogens with zero attached hydrogens (tertiary/aromatic N) is 5. The number of ether oxygens (including phenoxy) is 1. The lowest BCUT2D eigenvalue weighted by Gasteiger charge is -2.25. The molecule has 1 unspecified atom stereocenters. The van der Waals surface area contributed by atoms with E-state index in [2.05, 4.69) is 19.9 Å². The van der Waals surface area contributed by atoms with E-state index in [1.807, 2.05) is 0 Å². The third-order valence-corrected chi connectivity index (χ3v) is 5.96. The smallest absolute Gasteiger partial charge is 0.419 e. The van der Waals surface area contributed by atoms with Crippen LogP contribution >= 0.6 is 0 Å². The van der Waals surface area contributed by atoms with Gasteiger partial charge in [-0.15, -0.1) is 0 Å². The Morgan fingerprint density at radius 3 is 2.45 bits per heavy atom. The third kappa shape index (κ3) is 3.87. The highest BCUT2D eigenvalue weighted by molar-refractivity contribution is 6.01. The molecule has 0 aliphatic carbocycles. The molecule has 5 rings (SSSR count). The van der Waals surface area contributed by atoms with Crippen molar-refractivity contribution in [3.8, 4) is 17.4 Å². The zero-order chi connectivity index (χ0) is 23.2. The van der Waals surface area contributed by atoms with E-state index in [-0.39, 0.29) is 41.0 Å². The van der Waals surface area contributed by atoms with Gasteiger partial charge >= 0.3 is 12.2 Å². The zero-order valence-electron chi connectivity index (χ0n) is 17.0. The first-order valence-corrected chi connectivity index (χ1v) is 10.3. The van der Waals surface area contributed by atoms with Crippen LogP contribution in [0.5, 0.6) is 6.01 Å². The molecule has 0 N–H and O–H groups in total. The Bertz CT molecular complexity index is 1170. The Morgan fingerprint density at radius 2 is 1.76 bits per heavy atom. The van der Waals surface area contributed by atoms with E-state index in [0.29, 0.717) is 25.2 Å². The summed E-state index contributed by atoms with van der Waals surface area (Å²) in [5.41, 5.74) is -0.802. The summed E-state index contributed by atoms with van der Waals surface area (Å²) in [6.07, 6.45) is 1.12. The summed E-state index contributed by atoms with van der Waals surface area (Å²) in [4.78, 5) is 30.7. The minimum absolute atomic E-state index is 0.0259. The summed E-state index contributed by atoms with van der Waals surface area (Å²) < 4.78 is 58.6. The number of aromatic nitrogens is 4. The van der Waals surface area contributed by atoms with Gasteiger partial charge < -0.3 is 9.64 Å². The van der Waals surface area contributed by atoms with E-state index in [4.69, 9.17) is 4.74 Å². The van der Waals surface area contributed by atoms with E-state index in [1.165, 1.54) is 30.6 Å². The maximum Gasteiger partial charge on any atom is 0.419 e. The van der Waals surface area contributed by atoms with Gasteiger partial charge in [0.2, 0.25) is 0 Å². The number of rotatable bonds is 4. The molecule has 2 aliphatic rings. The quantitative estimate of drug-likeness (QED) is 0.551. The first kappa shape index (κ1) is 21.2. The Balaban J connectivity index is 1.39. The van der Waals surface area contributed by atoms with E-state index in [0.717, 1.165) is 6.42 Å². The highest BCUT2D eigenvalue weighted by atomic mass is 19.4. The standard InChI is InChI=1S/C22H17F4N5O2/c23-15-4-1-3-14(18(15)19-27-7-2-8-28-19)20(32)31-13-5-6-16(31)17(9-13)33-21-29-10-12(11-30-21)22(24,25)26/h1-4,7-8,10-11,13,16-17H,5-6,9H2/t13-,16?,17-/m0/s1. The fourth-order valence-corrected chi connectivity index (χ4v) is 4.53. The molecule has 2 fully saturated rings. The molecular weight excluding hydrogens is 442 g/mol. The van der Waals surface area contributed by atoms with Crippen molar-refractivity contribution in [3.05, 3.63) is 66.0 Å². The zero-order valence-corrected chi connectivity index (χ0v) is 17.0. The van der Waals surface area contributed by atoms with Crippen LogP contribution in [0.3, 0.4) is 0 Å². The largest absolute Gasteiger partial charge is 0.458 e. The molecule has 4 heterocycles. The molecule has 3 aromatic rings. The fraction of sp³-hybridized carbons (Fsp3) is 0.318. The second-order valence-corrected chi connectivity index (χ2v) is 7.89. The van der Waals surface area contributed by atoms with Crippen molar-refractivity contribution in [2.45, 2.75) is 43.6 Å². The number of alkyl halides is 3. The summed E-state index contributed by atoms with van der Waals surface area (Å²) in [5, 5.41) is 0. The SMILES string of the molecule is O=C(c1cccc(F)c1-c1ncccn1)N1C2CC[C@H]1C[C@@H]2Oc1ncc(C(F)(F)F)cn1. The number of hydrogen-bond donors (Lipinski definition) is 0. The van der Waals surface area contributed by atoms with Crippen molar-refractivity contribution in [2.24, 2.45) is 0 Å². The fourth-order valence-electron chi connectivity index (χ4n) is 4.53. The molecule has 3 atom stereocenters. The molecular formula is C22H17F4N5O2. The highest BCUT2D eigenvalue weighted by Crippen LogP contribution is 2.41. The van der Waals surface area contributed by atoms with Gasteiger partial charge in [0.05, 0.1) is 22.7 Å². The molecule has 170 valence electrons. The van der Waals surface area contributed by atoms with E-state index in [1.54, 1.807) is 11.0 Å². The summed E-state index contributed by atoms with van der Waals surface area (Å²) >= 11 is 0. The van der Waals surface area contributed by atoms with Gasteiger partial charge in [-0.3, -0.25) is 4.79 Å². The lowest BCUT2D eigenvalue weighted by atomic mass is 9.98. The first-order chi connectivity index (χ1) is 15.8. The summed E-state index contributed by atoms with van der Waals surface area (Å²) in [5.74, 6) is -0.870. The Hall–Kier alpha value is -3.63. The molecule has 0 radical (unpaired) electrons. The predicted octanol–water partition coefficient (Wildman–Crippen LogP) is 3.92. The average Bonchev–Trinajstić information content (AvgIpc) is 3.36. The molecule has 0 saturated carbocycles. The van der Waals surface area contributed by atoms with Crippen LogP contribution in [0.25, 0.3) is 11.4 Å². The van der Waals surface area contributed by atoms with E-state index < -0.39 is 23.7 Å². The molecule has 1 aromatic carbocycles. The monoisotopic (exact) mass is 459 g/mol. The molecule has 2 bridgehead atoms. The second kappa shape index (κ2) is 8.05. The Kier molecular flexibility index (Phi) is 5.18. The Labute approximate surface area is 185 Å².